The van der Waals surface area contributed by atoms with E-state index in [0.717, 1.165) is 0 Å². The van der Waals surface area contributed by atoms with Crippen LogP contribution in [0.5, 0.6) is 0 Å². The van der Waals surface area contributed by atoms with Gasteiger partial charge in [-0.3, -0.25) is 14.9 Å². The number of primary amides is 1. The van der Waals surface area contributed by atoms with Crippen molar-refractivity contribution in [1.82, 2.24) is 0 Å². The van der Waals surface area contributed by atoms with Crippen LogP contribution in [0.4, 0.5) is 5.88 Å². The summed E-state index contributed by atoms with van der Waals surface area (Å²) in [5, 5.41) is 2.80. The van der Waals surface area contributed by atoms with E-state index in [-0.39, 0.29) is 34.9 Å². The molecule has 126 valence electrons. The van der Waals surface area contributed by atoms with Crippen LogP contribution in [0.15, 0.2) is 28.7 Å². The molecule has 3 N–H and O–H groups in total. The van der Waals surface area contributed by atoms with Gasteiger partial charge in [0.15, 0.2) is 0 Å². The Balaban J connectivity index is 2.40. The van der Waals surface area contributed by atoms with Gasteiger partial charge >= 0.3 is 5.97 Å². The van der Waals surface area contributed by atoms with Gasteiger partial charge in [0.1, 0.15) is 16.9 Å². The average molecular weight is 351 g/mol. The number of hydrogen-bond donors (Lipinski definition) is 2. The average Bonchev–Trinajstić information content (AvgIpc) is 2.83. The van der Waals surface area contributed by atoms with Crippen LogP contribution in [-0.4, -0.2) is 24.4 Å². The van der Waals surface area contributed by atoms with Crippen molar-refractivity contribution in [2.45, 2.75) is 13.8 Å². The Morgan fingerprint density at radius 2 is 2.00 bits per heavy atom. The van der Waals surface area contributed by atoms with Crippen molar-refractivity contribution >= 4 is 35.3 Å². The summed E-state index contributed by atoms with van der Waals surface area (Å²) in [7, 11) is 0. The van der Waals surface area contributed by atoms with Crippen LogP contribution in [-0.2, 0) is 4.74 Å². The lowest BCUT2D eigenvalue weighted by molar-refractivity contribution is 0.0521. The first kappa shape index (κ1) is 17.6. The fourth-order valence-electron chi connectivity index (χ4n) is 2.12. The first-order valence-corrected chi connectivity index (χ1v) is 7.40. The maximum atomic E-state index is 12.3. The Morgan fingerprint density at radius 1 is 1.29 bits per heavy atom. The summed E-state index contributed by atoms with van der Waals surface area (Å²) in [5.41, 5.74) is 5.24. The summed E-state index contributed by atoms with van der Waals surface area (Å²) in [5.74, 6) is -2.34. The van der Waals surface area contributed by atoms with Crippen molar-refractivity contribution < 1.29 is 23.5 Å². The van der Waals surface area contributed by atoms with Crippen molar-refractivity contribution in [3.8, 4) is 0 Å². The van der Waals surface area contributed by atoms with Gasteiger partial charge in [-0.15, -0.1) is 0 Å². The minimum absolute atomic E-state index is 0.106. The third-order valence-corrected chi connectivity index (χ3v) is 3.36. The lowest BCUT2D eigenvalue weighted by Crippen LogP contribution is -2.20. The third kappa shape index (κ3) is 3.57. The van der Waals surface area contributed by atoms with Crippen molar-refractivity contribution in [2.75, 3.05) is 11.9 Å². The van der Waals surface area contributed by atoms with Gasteiger partial charge in [0.05, 0.1) is 6.61 Å². The van der Waals surface area contributed by atoms with Gasteiger partial charge in [-0.05, 0) is 32.0 Å². The molecule has 0 aliphatic carbocycles. The molecule has 0 unspecified atom stereocenters. The molecule has 0 fully saturated rings. The zero-order chi connectivity index (χ0) is 17.9. The normalized spacial score (nSPS) is 10.3. The Bertz CT molecular complexity index is 813. The van der Waals surface area contributed by atoms with Gasteiger partial charge in [-0.25, -0.2) is 4.79 Å². The van der Waals surface area contributed by atoms with E-state index < -0.39 is 17.8 Å². The number of anilines is 1. The number of esters is 1. The Hall–Kier alpha value is -2.80. The van der Waals surface area contributed by atoms with Gasteiger partial charge in [0, 0.05) is 10.6 Å². The number of hydrogen-bond acceptors (Lipinski definition) is 5. The first-order valence-electron chi connectivity index (χ1n) is 7.02. The summed E-state index contributed by atoms with van der Waals surface area (Å²) >= 11 is 5.84. The zero-order valence-corrected chi connectivity index (χ0v) is 13.8. The van der Waals surface area contributed by atoms with Crippen LogP contribution in [0.1, 0.15) is 43.8 Å². The molecule has 0 aliphatic heterocycles. The molecule has 0 radical (unpaired) electrons. The molecule has 24 heavy (non-hydrogen) atoms. The summed E-state index contributed by atoms with van der Waals surface area (Å²) in [6, 6.07) is 6.20. The maximum Gasteiger partial charge on any atom is 0.342 e. The van der Waals surface area contributed by atoms with E-state index in [9.17, 15) is 14.4 Å². The SMILES string of the molecule is CCOC(=O)c1c(C)oc(NC(=O)c2cccc(Cl)c2)c1C(N)=O. The number of carbonyl (C=O) groups excluding carboxylic acids is 3. The summed E-state index contributed by atoms with van der Waals surface area (Å²) < 4.78 is 10.2. The fourth-order valence-corrected chi connectivity index (χ4v) is 2.31. The number of nitrogens with two attached hydrogens (primary N) is 1. The molecule has 0 spiro atoms. The van der Waals surface area contributed by atoms with Crippen LogP contribution in [0.2, 0.25) is 5.02 Å². The van der Waals surface area contributed by atoms with E-state index in [2.05, 4.69) is 5.32 Å². The first-order chi connectivity index (χ1) is 11.3. The molecule has 7 nitrogen and oxygen atoms in total. The number of aryl methyl sites for hydroxylation is 1. The zero-order valence-electron chi connectivity index (χ0n) is 13.0. The standard InChI is InChI=1S/C16H15ClN2O5/c1-3-23-16(22)11-8(2)24-15(12(11)13(18)20)19-14(21)9-5-4-6-10(17)7-9/h4-7H,3H2,1-2H3,(H2,18,20)(H,19,21). The molecule has 2 aromatic rings. The molecule has 0 saturated carbocycles. The smallest absolute Gasteiger partial charge is 0.342 e. The van der Waals surface area contributed by atoms with Gasteiger partial charge in [0.25, 0.3) is 11.8 Å². The summed E-state index contributed by atoms with van der Waals surface area (Å²) in [6.45, 7) is 3.21. The van der Waals surface area contributed by atoms with Gasteiger partial charge < -0.3 is 14.9 Å². The van der Waals surface area contributed by atoms with Gasteiger partial charge in [-0.2, -0.15) is 0 Å². The second kappa shape index (κ2) is 7.18. The summed E-state index contributed by atoms with van der Waals surface area (Å²) in [6.07, 6.45) is 0. The number of rotatable bonds is 5. The number of nitrogens with one attached hydrogen (secondary N) is 1. The molecule has 0 aliphatic rings. The Labute approximate surface area is 142 Å². The Morgan fingerprint density at radius 3 is 2.58 bits per heavy atom. The van der Waals surface area contributed by atoms with E-state index >= 15 is 0 Å². The van der Waals surface area contributed by atoms with Crippen LogP contribution >= 0.6 is 11.6 Å². The van der Waals surface area contributed by atoms with Crippen molar-refractivity contribution in [1.29, 1.82) is 0 Å². The van der Waals surface area contributed by atoms with E-state index in [1.165, 1.54) is 19.1 Å². The minimum Gasteiger partial charge on any atom is -0.462 e. The van der Waals surface area contributed by atoms with Crippen LogP contribution in [0.25, 0.3) is 0 Å². The second-order valence-electron chi connectivity index (χ2n) is 4.79. The van der Waals surface area contributed by atoms with Crippen LogP contribution in [0, 0.1) is 6.92 Å². The monoisotopic (exact) mass is 350 g/mol. The van der Waals surface area contributed by atoms with Crippen molar-refractivity contribution in [2.24, 2.45) is 5.73 Å². The molecule has 0 bridgehead atoms. The molecule has 8 heteroatoms. The molecular formula is C16H15ClN2O5. The highest BCUT2D eigenvalue weighted by molar-refractivity contribution is 6.31. The van der Waals surface area contributed by atoms with E-state index in [1.807, 2.05) is 0 Å². The molecule has 2 rings (SSSR count). The topological polar surface area (TPSA) is 112 Å². The number of ether oxygens (including phenoxy) is 1. The van der Waals surface area contributed by atoms with Crippen molar-refractivity contribution in [3.63, 3.8) is 0 Å². The predicted octanol–water partition coefficient (Wildman–Crippen LogP) is 2.77. The molecule has 1 aromatic heterocycles. The van der Waals surface area contributed by atoms with Crippen molar-refractivity contribution in [3.05, 3.63) is 51.7 Å². The molecule has 0 saturated heterocycles. The van der Waals surface area contributed by atoms with Crippen LogP contribution < -0.4 is 11.1 Å². The maximum absolute atomic E-state index is 12.3. The number of amides is 2. The fraction of sp³-hybridized carbons (Fsp3) is 0.188. The Kier molecular flexibility index (Phi) is 5.25. The number of benzene rings is 1. The molecule has 1 heterocycles. The van der Waals surface area contributed by atoms with E-state index in [1.54, 1.807) is 19.1 Å². The minimum atomic E-state index is -0.920. The highest BCUT2D eigenvalue weighted by atomic mass is 35.5. The second-order valence-corrected chi connectivity index (χ2v) is 5.22. The van der Waals surface area contributed by atoms with E-state index in [4.69, 9.17) is 26.5 Å². The molecule has 0 atom stereocenters. The number of furan rings is 1. The van der Waals surface area contributed by atoms with Gasteiger partial charge in [0.2, 0.25) is 5.88 Å². The molecular weight excluding hydrogens is 336 g/mol. The quantitative estimate of drug-likeness (QED) is 0.805. The molecule has 1 aromatic carbocycles. The number of halogens is 1. The number of carbonyl (C=O) groups is 3. The summed E-state index contributed by atoms with van der Waals surface area (Å²) in [4.78, 5) is 36.0. The highest BCUT2D eigenvalue weighted by Gasteiger charge is 2.29. The molecule has 2 amide bonds. The van der Waals surface area contributed by atoms with E-state index in [0.29, 0.717) is 5.02 Å². The van der Waals surface area contributed by atoms with Gasteiger partial charge in [-0.1, -0.05) is 17.7 Å². The largest absolute Gasteiger partial charge is 0.462 e. The lowest BCUT2D eigenvalue weighted by Gasteiger charge is -2.05. The van der Waals surface area contributed by atoms with Crippen LogP contribution in [0.3, 0.4) is 0 Å². The third-order valence-electron chi connectivity index (χ3n) is 3.12. The highest BCUT2D eigenvalue weighted by Crippen LogP contribution is 2.28. The predicted molar refractivity (Wildman–Crippen MR) is 87.3 cm³/mol. The lowest BCUT2D eigenvalue weighted by atomic mass is 10.1.